The van der Waals surface area contributed by atoms with E-state index in [1.54, 1.807) is 5.56 Å². The summed E-state index contributed by atoms with van der Waals surface area (Å²) in [6.45, 7) is 4.24. The number of nitrogens with one attached hydrogen (secondary N) is 1. The van der Waals surface area contributed by atoms with E-state index in [-0.39, 0.29) is 0 Å². The number of hydrogen-bond donors (Lipinski definition) is 1. The van der Waals surface area contributed by atoms with Crippen molar-refractivity contribution in [2.45, 2.75) is 38.6 Å². The van der Waals surface area contributed by atoms with Gasteiger partial charge in [0.05, 0.1) is 0 Å². The van der Waals surface area contributed by atoms with Gasteiger partial charge in [-0.3, -0.25) is 0 Å². The van der Waals surface area contributed by atoms with Crippen LogP contribution in [-0.2, 0) is 13.0 Å². The average molecular weight is 265 g/mol. The van der Waals surface area contributed by atoms with E-state index in [4.69, 9.17) is 0 Å². The summed E-state index contributed by atoms with van der Waals surface area (Å²) in [5, 5.41) is 3.60. The summed E-state index contributed by atoms with van der Waals surface area (Å²) < 4.78 is 0. The van der Waals surface area contributed by atoms with Gasteiger partial charge in [0.1, 0.15) is 0 Å². The summed E-state index contributed by atoms with van der Waals surface area (Å²) in [6, 6.07) is 17.6. The number of rotatable bonds is 6. The highest BCUT2D eigenvalue weighted by molar-refractivity contribution is 5.33. The van der Waals surface area contributed by atoms with Crippen molar-refractivity contribution in [3.8, 4) is 0 Å². The van der Waals surface area contributed by atoms with Gasteiger partial charge in [-0.05, 0) is 60.9 Å². The first kappa shape index (κ1) is 13.4. The molecular formula is C19H23N. The van der Waals surface area contributed by atoms with Gasteiger partial charge in [0, 0.05) is 6.54 Å². The van der Waals surface area contributed by atoms with Gasteiger partial charge in [-0.1, -0.05) is 48.5 Å². The van der Waals surface area contributed by atoms with Gasteiger partial charge in [0.2, 0.25) is 0 Å². The van der Waals surface area contributed by atoms with Gasteiger partial charge in [-0.15, -0.1) is 0 Å². The Kier molecular flexibility index (Phi) is 4.17. The van der Waals surface area contributed by atoms with Crippen LogP contribution in [0.3, 0.4) is 0 Å². The van der Waals surface area contributed by atoms with Gasteiger partial charge < -0.3 is 5.32 Å². The van der Waals surface area contributed by atoms with Gasteiger partial charge in [-0.25, -0.2) is 0 Å². The van der Waals surface area contributed by atoms with Crippen molar-refractivity contribution in [1.29, 1.82) is 0 Å². The molecule has 0 saturated heterocycles. The fourth-order valence-electron chi connectivity index (χ4n) is 2.82. The molecule has 0 radical (unpaired) electrons. The van der Waals surface area contributed by atoms with Crippen molar-refractivity contribution >= 4 is 0 Å². The fraction of sp³-hybridized carbons (Fsp3) is 0.368. The SMILES string of the molecule is Cc1ccccc1CCNCc1ccccc1C1CC1. The maximum Gasteiger partial charge on any atom is 0.0208 e. The molecule has 20 heavy (non-hydrogen) atoms. The molecule has 0 atom stereocenters. The molecule has 3 rings (SSSR count). The molecule has 104 valence electrons. The zero-order chi connectivity index (χ0) is 13.8. The summed E-state index contributed by atoms with van der Waals surface area (Å²) in [4.78, 5) is 0. The molecule has 1 nitrogen and oxygen atoms in total. The lowest BCUT2D eigenvalue weighted by atomic mass is 10.0. The van der Waals surface area contributed by atoms with Crippen LogP contribution in [0.2, 0.25) is 0 Å². The van der Waals surface area contributed by atoms with E-state index >= 15 is 0 Å². The molecule has 1 saturated carbocycles. The zero-order valence-corrected chi connectivity index (χ0v) is 12.2. The van der Waals surface area contributed by atoms with Crippen molar-refractivity contribution in [2.75, 3.05) is 6.54 Å². The monoisotopic (exact) mass is 265 g/mol. The molecule has 1 heteroatoms. The maximum absolute atomic E-state index is 3.60. The van der Waals surface area contributed by atoms with Crippen LogP contribution in [0.1, 0.15) is 41.0 Å². The predicted molar refractivity (Wildman–Crippen MR) is 85.0 cm³/mol. The second-order valence-electron chi connectivity index (χ2n) is 5.83. The van der Waals surface area contributed by atoms with E-state index in [2.05, 4.69) is 60.8 Å². The van der Waals surface area contributed by atoms with Gasteiger partial charge in [0.15, 0.2) is 0 Å². The molecule has 0 amide bonds. The third-order valence-corrected chi connectivity index (χ3v) is 4.22. The quantitative estimate of drug-likeness (QED) is 0.772. The van der Waals surface area contributed by atoms with Crippen LogP contribution in [0.15, 0.2) is 48.5 Å². The van der Waals surface area contributed by atoms with Crippen molar-refractivity contribution in [2.24, 2.45) is 0 Å². The Hall–Kier alpha value is -1.60. The van der Waals surface area contributed by atoms with Crippen LogP contribution >= 0.6 is 0 Å². The number of benzene rings is 2. The minimum Gasteiger partial charge on any atom is -0.312 e. The van der Waals surface area contributed by atoms with E-state index in [9.17, 15) is 0 Å². The lowest BCUT2D eigenvalue weighted by Gasteiger charge is -2.10. The molecule has 0 aliphatic heterocycles. The molecule has 0 aromatic heterocycles. The molecule has 1 fully saturated rings. The molecule has 0 heterocycles. The van der Waals surface area contributed by atoms with Gasteiger partial charge >= 0.3 is 0 Å². The molecule has 2 aromatic carbocycles. The molecule has 1 N–H and O–H groups in total. The number of aryl methyl sites for hydroxylation is 1. The van der Waals surface area contributed by atoms with E-state index in [1.807, 2.05) is 0 Å². The largest absolute Gasteiger partial charge is 0.312 e. The van der Waals surface area contributed by atoms with Crippen molar-refractivity contribution < 1.29 is 0 Å². The Morgan fingerprint density at radius 2 is 1.65 bits per heavy atom. The maximum atomic E-state index is 3.60. The standard InChI is InChI=1S/C19H23N/c1-15-6-2-3-7-16(15)12-13-20-14-18-8-4-5-9-19(18)17-10-11-17/h2-9,17,20H,10-14H2,1H3. The normalized spacial score (nSPS) is 14.4. The molecule has 0 bridgehead atoms. The zero-order valence-electron chi connectivity index (χ0n) is 12.2. The second kappa shape index (κ2) is 6.23. The summed E-state index contributed by atoms with van der Waals surface area (Å²) in [7, 11) is 0. The smallest absolute Gasteiger partial charge is 0.0208 e. The minimum absolute atomic E-state index is 0.837. The minimum atomic E-state index is 0.837. The van der Waals surface area contributed by atoms with E-state index in [0.717, 1.165) is 25.4 Å². The highest BCUT2D eigenvalue weighted by atomic mass is 14.8. The Bertz CT molecular complexity index is 569. The molecule has 0 spiro atoms. The third-order valence-electron chi connectivity index (χ3n) is 4.22. The van der Waals surface area contributed by atoms with Crippen LogP contribution in [-0.4, -0.2) is 6.54 Å². The van der Waals surface area contributed by atoms with Crippen LogP contribution in [0.4, 0.5) is 0 Å². The molecular weight excluding hydrogens is 242 g/mol. The third kappa shape index (κ3) is 3.29. The summed E-state index contributed by atoms with van der Waals surface area (Å²) in [6.07, 6.45) is 3.86. The Morgan fingerprint density at radius 1 is 0.950 bits per heavy atom. The molecule has 2 aromatic rings. The Balaban J connectivity index is 1.52. The first-order chi connectivity index (χ1) is 9.84. The predicted octanol–water partition coefficient (Wildman–Crippen LogP) is 4.20. The average Bonchev–Trinajstić information content (AvgIpc) is 3.30. The van der Waals surface area contributed by atoms with Crippen LogP contribution in [0.5, 0.6) is 0 Å². The first-order valence-corrected chi connectivity index (χ1v) is 7.67. The first-order valence-electron chi connectivity index (χ1n) is 7.67. The van der Waals surface area contributed by atoms with Crippen molar-refractivity contribution in [1.82, 2.24) is 5.32 Å². The van der Waals surface area contributed by atoms with E-state index in [1.165, 1.54) is 29.5 Å². The van der Waals surface area contributed by atoms with Crippen molar-refractivity contribution in [3.05, 3.63) is 70.8 Å². The van der Waals surface area contributed by atoms with Gasteiger partial charge in [0.25, 0.3) is 0 Å². The van der Waals surface area contributed by atoms with Crippen LogP contribution in [0.25, 0.3) is 0 Å². The highest BCUT2D eigenvalue weighted by Crippen LogP contribution is 2.41. The molecule has 0 unspecified atom stereocenters. The molecule has 1 aliphatic rings. The van der Waals surface area contributed by atoms with E-state index in [0.29, 0.717) is 0 Å². The van der Waals surface area contributed by atoms with Crippen molar-refractivity contribution in [3.63, 3.8) is 0 Å². The van der Waals surface area contributed by atoms with Crippen LogP contribution < -0.4 is 5.32 Å². The lowest BCUT2D eigenvalue weighted by Crippen LogP contribution is -2.17. The summed E-state index contributed by atoms with van der Waals surface area (Å²) in [5.41, 5.74) is 5.90. The Labute approximate surface area is 122 Å². The fourth-order valence-corrected chi connectivity index (χ4v) is 2.82. The topological polar surface area (TPSA) is 12.0 Å². The van der Waals surface area contributed by atoms with Crippen LogP contribution in [0, 0.1) is 6.92 Å². The summed E-state index contributed by atoms with van der Waals surface area (Å²) >= 11 is 0. The van der Waals surface area contributed by atoms with Gasteiger partial charge in [-0.2, -0.15) is 0 Å². The van der Waals surface area contributed by atoms with E-state index < -0.39 is 0 Å². The molecule has 1 aliphatic carbocycles. The summed E-state index contributed by atoms with van der Waals surface area (Å²) in [5.74, 6) is 0.837. The Morgan fingerprint density at radius 3 is 2.40 bits per heavy atom. The lowest BCUT2D eigenvalue weighted by molar-refractivity contribution is 0.681. The number of hydrogen-bond acceptors (Lipinski definition) is 1. The second-order valence-corrected chi connectivity index (χ2v) is 5.83. The highest BCUT2D eigenvalue weighted by Gasteiger charge is 2.25.